The van der Waals surface area contributed by atoms with Crippen molar-refractivity contribution < 1.29 is 32.2 Å². The minimum Gasteiger partial charge on any atom is -0.495 e. The van der Waals surface area contributed by atoms with E-state index >= 15 is 0 Å². The lowest BCUT2D eigenvalue weighted by molar-refractivity contribution is -0.209. The Hall–Kier alpha value is -4.34. The summed E-state index contributed by atoms with van der Waals surface area (Å²) in [4.78, 5) is 56.7. The van der Waals surface area contributed by atoms with E-state index in [4.69, 9.17) is 10.5 Å². The maximum atomic E-state index is 13.7. The Morgan fingerprint density at radius 1 is 1.16 bits per heavy atom. The van der Waals surface area contributed by atoms with Crippen LogP contribution >= 0.6 is 0 Å². The number of esters is 1. The van der Waals surface area contributed by atoms with E-state index in [-0.39, 0.29) is 21.7 Å². The van der Waals surface area contributed by atoms with Crippen LogP contribution < -0.4 is 31.9 Å². The first-order valence-corrected chi connectivity index (χ1v) is 10.9. The van der Waals surface area contributed by atoms with E-state index in [1.54, 1.807) is 24.3 Å². The molecule has 0 spiro atoms. The highest BCUT2D eigenvalue weighted by Crippen LogP contribution is 2.31. The molecule has 0 radical (unpaired) electrons. The minimum absolute atomic E-state index is 0.0590. The molecule has 1 unspecified atom stereocenters. The Bertz CT molecular complexity index is 1490. The first-order chi connectivity index (χ1) is 17.5. The van der Waals surface area contributed by atoms with Gasteiger partial charge in [0.25, 0.3) is 17.7 Å². The number of hydrogen-bond acceptors (Lipinski definition) is 9. The number of hydrogen-bond donors (Lipinski definition) is 2. The molecule has 3 aromatic rings. The van der Waals surface area contributed by atoms with Gasteiger partial charge in [-0.2, -0.15) is 18.2 Å². The van der Waals surface area contributed by atoms with E-state index < -0.39 is 35.5 Å². The topological polar surface area (TPSA) is 156 Å². The van der Waals surface area contributed by atoms with E-state index in [1.165, 1.54) is 18.7 Å². The highest BCUT2D eigenvalue weighted by Gasteiger charge is 2.44. The molecule has 4 rings (SSSR count). The lowest BCUT2D eigenvalue weighted by Gasteiger charge is -2.29. The third-order valence-electron chi connectivity index (χ3n) is 5.73. The van der Waals surface area contributed by atoms with E-state index in [1.807, 2.05) is 4.90 Å². The number of fused-ring (bicyclic) bond motifs is 1. The van der Waals surface area contributed by atoms with Crippen LogP contribution in [0.3, 0.4) is 0 Å². The van der Waals surface area contributed by atoms with Crippen LogP contribution in [-0.4, -0.2) is 70.0 Å². The fourth-order valence-electron chi connectivity index (χ4n) is 4.01. The molecule has 3 N–H and O–H groups in total. The average Bonchev–Trinajstić information content (AvgIpc) is 3.27. The van der Waals surface area contributed by atoms with E-state index in [9.17, 15) is 32.3 Å². The van der Waals surface area contributed by atoms with Crippen LogP contribution in [0.25, 0.3) is 16.9 Å². The summed E-state index contributed by atoms with van der Waals surface area (Å²) in [5.41, 5.74) is 2.55. The number of alkyl halides is 3. The van der Waals surface area contributed by atoms with Crippen molar-refractivity contribution in [3.8, 4) is 11.4 Å². The molecule has 1 aliphatic heterocycles. The van der Waals surface area contributed by atoms with Crippen molar-refractivity contribution in [3.63, 3.8) is 0 Å². The molecule has 1 aliphatic rings. The van der Waals surface area contributed by atoms with Gasteiger partial charge in [-0.25, -0.2) is 14.2 Å². The summed E-state index contributed by atoms with van der Waals surface area (Å²) >= 11 is 0. The van der Waals surface area contributed by atoms with Gasteiger partial charge in [-0.05, 0) is 12.1 Å². The standard InChI is InChI=1S/C21H22F3N7O6/c1-28-15-13(16(33)31(20(28)35)17(14(25)32)37-18(34)21(22,23)24)30(11-5-3-4-6-12(11)36-2)19(27-15)29-9-7-26-8-10-29/h3-6,17,26H,7-10H2,1-2H3,(H2,25,32). The third kappa shape index (κ3) is 4.50. The molecule has 1 saturated heterocycles. The number of methoxy groups -OCH3 is 1. The maximum absolute atomic E-state index is 13.7. The average molecular weight is 525 g/mol. The van der Waals surface area contributed by atoms with Crippen LogP contribution in [0.4, 0.5) is 19.1 Å². The molecule has 0 bridgehead atoms. The van der Waals surface area contributed by atoms with E-state index in [2.05, 4.69) is 15.0 Å². The number of nitrogens with zero attached hydrogens (tertiary/aromatic N) is 5. The number of piperazine rings is 1. The number of carbonyl (C=O) groups excluding carboxylic acids is 2. The summed E-state index contributed by atoms with van der Waals surface area (Å²) in [5, 5.41) is 3.18. The Morgan fingerprint density at radius 2 is 1.81 bits per heavy atom. The number of nitrogens with one attached hydrogen (secondary N) is 1. The zero-order valence-electron chi connectivity index (χ0n) is 19.6. The number of para-hydroxylation sites is 2. The molecule has 37 heavy (non-hydrogen) atoms. The highest BCUT2D eigenvalue weighted by molar-refractivity contribution is 5.83. The van der Waals surface area contributed by atoms with Gasteiger partial charge in [-0.1, -0.05) is 12.1 Å². The molecule has 1 amide bonds. The Kier molecular flexibility index (Phi) is 6.68. The fourth-order valence-corrected chi connectivity index (χ4v) is 4.01. The second-order valence-corrected chi connectivity index (χ2v) is 8.00. The van der Waals surface area contributed by atoms with Crippen LogP contribution in [-0.2, 0) is 21.4 Å². The second kappa shape index (κ2) is 9.61. The summed E-state index contributed by atoms with van der Waals surface area (Å²) < 4.78 is 50.5. The smallest absolute Gasteiger partial charge is 0.491 e. The normalized spacial score (nSPS) is 15.0. The summed E-state index contributed by atoms with van der Waals surface area (Å²) in [5.74, 6) is -3.91. The van der Waals surface area contributed by atoms with E-state index in [0.29, 0.717) is 37.6 Å². The zero-order chi connectivity index (χ0) is 27.1. The molecule has 16 heteroatoms. The molecule has 1 fully saturated rings. The van der Waals surface area contributed by atoms with Crippen LogP contribution in [0, 0.1) is 0 Å². The van der Waals surface area contributed by atoms with Crippen molar-refractivity contribution in [2.24, 2.45) is 12.8 Å². The summed E-state index contributed by atoms with van der Waals surface area (Å²) in [6.45, 7) is 2.15. The summed E-state index contributed by atoms with van der Waals surface area (Å²) in [7, 11) is 2.60. The van der Waals surface area contributed by atoms with Crippen molar-refractivity contribution in [2.75, 3.05) is 38.2 Å². The largest absolute Gasteiger partial charge is 0.495 e. The number of nitrogens with two attached hydrogens (primary N) is 1. The van der Waals surface area contributed by atoms with Crippen molar-refractivity contribution in [3.05, 3.63) is 45.1 Å². The fraction of sp³-hybridized carbons (Fsp3) is 0.381. The van der Waals surface area contributed by atoms with Crippen LogP contribution in [0.15, 0.2) is 33.9 Å². The lowest BCUT2D eigenvalue weighted by Crippen LogP contribution is -2.48. The number of ether oxygens (including phenoxy) is 2. The van der Waals surface area contributed by atoms with Gasteiger partial charge in [-0.3, -0.25) is 18.7 Å². The highest BCUT2D eigenvalue weighted by atomic mass is 19.4. The van der Waals surface area contributed by atoms with Crippen LogP contribution in [0.2, 0.25) is 0 Å². The van der Waals surface area contributed by atoms with Crippen LogP contribution in [0.1, 0.15) is 6.23 Å². The third-order valence-corrected chi connectivity index (χ3v) is 5.73. The lowest BCUT2D eigenvalue weighted by atomic mass is 10.2. The molecule has 0 aliphatic carbocycles. The summed E-state index contributed by atoms with van der Waals surface area (Å²) in [6.07, 6.45) is -8.19. The number of carbonyl (C=O) groups is 2. The minimum atomic E-state index is -5.51. The number of imidazole rings is 1. The van der Waals surface area contributed by atoms with Crippen molar-refractivity contribution in [1.82, 2.24) is 24.0 Å². The zero-order valence-corrected chi connectivity index (χ0v) is 19.6. The molecule has 3 heterocycles. The Labute approximate surface area is 205 Å². The second-order valence-electron chi connectivity index (χ2n) is 8.00. The summed E-state index contributed by atoms with van der Waals surface area (Å²) in [6, 6.07) is 6.55. The number of anilines is 1. The Balaban J connectivity index is 2.08. The van der Waals surface area contributed by atoms with Crippen LogP contribution in [0.5, 0.6) is 5.75 Å². The van der Waals surface area contributed by atoms with Gasteiger partial charge < -0.3 is 25.4 Å². The maximum Gasteiger partial charge on any atom is 0.491 e. The van der Waals surface area contributed by atoms with Crippen molar-refractivity contribution in [1.29, 1.82) is 0 Å². The molecular formula is C21H22F3N7O6. The van der Waals surface area contributed by atoms with Gasteiger partial charge in [0, 0.05) is 33.2 Å². The first kappa shape index (κ1) is 25.7. The van der Waals surface area contributed by atoms with Gasteiger partial charge in [0.15, 0.2) is 11.2 Å². The molecule has 13 nitrogen and oxygen atoms in total. The molecule has 198 valence electrons. The molecule has 1 aromatic carbocycles. The first-order valence-electron chi connectivity index (χ1n) is 10.9. The molecular weight excluding hydrogens is 503 g/mol. The van der Waals surface area contributed by atoms with Gasteiger partial charge in [0.1, 0.15) is 5.75 Å². The van der Waals surface area contributed by atoms with Gasteiger partial charge in [0.05, 0.1) is 12.8 Å². The SMILES string of the molecule is COc1ccccc1-n1c(N2CCNCC2)nc2c1c(=O)n(C(OC(=O)C(F)(F)F)C(N)=O)c(=O)n2C. The predicted octanol–water partition coefficient (Wildman–Crippen LogP) is -0.606. The van der Waals surface area contributed by atoms with Crippen molar-refractivity contribution >= 4 is 29.0 Å². The Morgan fingerprint density at radius 3 is 2.41 bits per heavy atom. The number of rotatable bonds is 6. The quantitative estimate of drug-likeness (QED) is 0.401. The van der Waals surface area contributed by atoms with Gasteiger partial charge >= 0.3 is 17.8 Å². The number of benzene rings is 1. The number of aromatic nitrogens is 4. The predicted molar refractivity (Wildman–Crippen MR) is 123 cm³/mol. The van der Waals surface area contributed by atoms with E-state index in [0.717, 1.165) is 4.57 Å². The number of aryl methyl sites for hydroxylation is 1. The number of amides is 1. The molecule has 2 aromatic heterocycles. The monoisotopic (exact) mass is 525 g/mol. The molecule has 0 saturated carbocycles. The molecule has 1 atom stereocenters. The number of primary amides is 1. The number of halogens is 3. The van der Waals surface area contributed by atoms with Gasteiger partial charge in [0.2, 0.25) is 5.95 Å². The van der Waals surface area contributed by atoms with Gasteiger partial charge in [-0.15, -0.1) is 0 Å². The van der Waals surface area contributed by atoms with Crippen molar-refractivity contribution in [2.45, 2.75) is 12.4 Å².